The first kappa shape index (κ1) is 12.3. The van der Waals surface area contributed by atoms with E-state index in [1.165, 1.54) is 0 Å². The quantitative estimate of drug-likeness (QED) is 0.901. The molecule has 5 nitrogen and oxygen atoms in total. The molecule has 0 saturated carbocycles. The standard InChI is InChI=1S/C15H14N2O3/c18-15(17-12-4-2-1-3-5-12)16-9-11-6-7-13-14(8-11)20-10-19-13/h1-8H,9-10H2,(H2,16,17,18). The maximum absolute atomic E-state index is 11.7. The summed E-state index contributed by atoms with van der Waals surface area (Å²) in [5, 5.41) is 5.55. The second-order valence-corrected chi connectivity index (χ2v) is 4.36. The topological polar surface area (TPSA) is 59.6 Å². The number of benzene rings is 2. The molecule has 0 aromatic heterocycles. The Kier molecular flexibility index (Phi) is 3.41. The molecule has 3 rings (SSSR count). The summed E-state index contributed by atoms with van der Waals surface area (Å²) in [6.07, 6.45) is 0. The summed E-state index contributed by atoms with van der Waals surface area (Å²) in [5.74, 6) is 1.45. The number of amides is 2. The normalized spacial score (nSPS) is 12.0. The van der Waals surface area contributed by atoms with E-state index < -0.39 is 0 Å². The third-order valence-electron chi connectivity index (χ3n) is 2.92. The Morgan fingerprint density at radius 1 is 1.05 bits per heavy atom. The predicted molar refractivity (Wildman–Crippen MR) is 74.9 cm³/mol. The smallest absolute Gasteiger partial charge is 0.319 e. The summed E-state index contributed by atoms with van der Waals surface area (Å²) in [7, 11) is 0. The van der Waals surface area contributed by atoms with Crippen LogP contribution in [0.2, 0.25) is 0 Å². The first-order chi connectivity index (χ1) is 9.81. The first-order valence-corrected chi connectivity index (χ1v) is 6.30. The maximum Gasteiger partial charge on any atom is 0.319 e. The number of rotatable bonds is 3. The predicted octanol–water partition coefficient (Wildman–Crippen LogP) is 2.74. The van der Waals surface area contributed by atoms with Gasteiger partial charge in [0.15, 0.2) is 11.5 Å². The van der Waals surface area contributed by atoms with Crippen molar-refractivity contribution < 1.29 is 14.3 Å². The zero-order chi connectivity index (χ0) is 13.8. The molecule has 0 bridgehead atoms. The van der Waals surface area contributed by atoms with Gasteiger partial charge >= 0.3 is 6.03 Å². The summed E-state index contributed by atoms with van der Waals surface area (Å²) >= 11 is 0. The van der Waals surface area contributed by atoms with E-state index in [1.807, 2.05) is 48.5 Å². The van der Waals surface area contributed by atoms with Gasteiger partial charge in [0.05, 0.1) is 0 Å². The van der Waals surface area contributed by atoms with Crippen molar-refractivity contribution in [3.05, 3.63) is 54.1 Å². The fraction of sp³-hybridized carbons (Fsp3) is 0.133. The van der Waals surface area contributed by atoms with Crippen molar-refractivity contribution in [3.63, 3.8) is 0 Å². The molecule has 0 radical (unpaired) electrons. The zero-order valence-corrected chi connectivity index (χ0v) is 10.8. The number of ether oxygens (including phenoxy) is 2. The maximum atomic E-state index is 11.7. The van der Waals surface area contributed by atoms with E-state index >= 15 is 0 Å². The van der Waals surface area contributed by atoms with Gasteiger partial charge in [0.25, 0.3) is 0 Å². The second kappa shape index (κ2) is 5.52. The third-order valence-corrected chi connectivity index (χ3v) is 2.92. The fourth-order valence-electron chi connectivity index (χ4n) is 1.93. The zero-order valence-electron chi connectivity index (χ0n) is 10.8. The van der Waals surface area contributed by atoms with Crippen LogP contribution in [0.4, 0.5) is 10.5 Å². The number of hydrogen-bond acceptors (Lipinski definition) is 3. The Balaban J connectivity index is 1.55. The third kappa shape index (κ3) is 2.83. The second-order valence-electron chi connectivity index (χ2n) is 4.36. The van der Waals surface area contributed by atoms with E-state index in [9.17, 15) is 4.79 Å². The molecule has 2 aromatic carbocycles. The molecule has 0 aliphatic carbocycles. The molecule has 0 atom stereocenters. The molecule has 1 heterocycles. The number of hydrogen-bond donors (Lipinski definition) is 2. The van der Waals surface area contributed by atoms with Crippen LogP contribution in [0.1, 0.15) is 5.56 Å². The summed E-state index contributed by atoms with van der Waals surface area (Å²) in [5.41, 5.74) is 1.72. The van der Waals surface area contributed by atoms with Crippen LogP contribution in [0.3, 0.4) is 0 Å². The van der Waals surface area contributed by atoms with Gasteiger partial charge in [0, 0.05) is 12.2 Å². The summed E-state index contributed by atoms with van der Waals surface area (Å²) in [6.45, 7) is 0.677. The van der Waals surface area contributed by atoms with Gasteiger partial charge in [-0.3, -0.25) is 0 Å². The Hall–Kier alpha value is -2.69. The van der Waals surface area contributed by atoms with Gasteiger partial charge in [-0.25, -0.2) is 4.79 Å². The highest BCUT2D eigenvalue weighted by molar-refractivity contribution is 5.89. The van der Waals surface area contributed by atoms with Crippen LogP contribution < -0.4 is 20.1 Å². The molecule has 1 aliphatic rings. The molecule has 5 heteroatoms. The van der Waals surface area contributed by atoms with Crippen molar-refractivity contribution in [1.29, 1.82) is 0 Å². The Morgan fingerprint density at radius 3 is 2.70 bits per heavy atom. The van der Waals surface area contributed by atoms with Crippen LogP contribution in [0.25, 0.3) is 0 Å². The molecule has 2 N–H and O–H groups in total. The summed E-state index contributed by atoms with van der Waals surface area (Å²) in [6, 6.07) is 14.7. The van der Waals surface area contributed by atoms with Crippen LogP contribution in [0.5, 0.6) is 11.5 Å². The largest absolute Gasteiger partial charge is 0.454 e. The average molecular weight is 270 g/mol. The molecule has 0 saturated heterocycles. The SMILES string of the molecule is O=C(NCc1ccc2c(c1)OCO2)Nc1ccccc1. The van der Waals surface area contributed by atoms with Gasteiger partial charge < -0.3 is 20.1 Å². The van der Waals surface area contributed by atoms with Gasteiger partial charge in [-0.2, -0.15) is 0 Å². The highest BCUT2D eigenvalue weighted by Gasteiger charge is 2.13. The van der Waals surface area contributed by atoms with Crippen molar-refractivity contribution in [2.24, 2.45) is 0 Å². The van der Waals surface area contributed by atoms with Crippen LogP contribution >= 0.6 is 0 Å². The number of carbonyl (C=O) groups is 1. The minimum Gasteiger partial charge on any atom is -0.454 e. The lowest BCUT2D eigenvalue weighted by molar-refractivity contribution is 0.174. The lowest BCUT2D eigenvalue weighted by atomic mass is 10.2. The highest BCUT2D eigenvalue weighted by atomic mass is 16.7. The summed E-state index contributed by atoms with van der Waals surface area (Å²) in [4.78, 5) is 11.7. The minimum absolute atomic E-state index is 0.242. The number of para-hydroxylation sites is 1. The van der Waals surface area contributed by atoms with E-state index in [2.05, 4.69) is 10.6 Å². The number of urea groups is 1. The van der Waals surface area contributed by atoms with Crippen molar-refractivity contribution >= 4 is 11.7 Å². The number of nitrogens with one attached hydrogen (secondary N) is 2. The Bertz CT molecular complexity index is 614. The van der Waals surface area contributed by atoms with Crippen LogP contribution in [-0.4, -0.2) is 12.8 Å². The number of fused-ring (bicyclic) bond motifs is 1. The molecule has 0 unspecified atom stereocenters. The molecule has 0 spiro atoms. The summed E-state index contributed by atoms with van der Waals surface area (Å²) < 4.78 is 10.5. The Labute approximate surface area is 116 Å². The van der Waals surface area contributed by atoms with Crippen molar-refractivity contribution in [2.45, 2.75) is 6.54 Å². The van der Waals surface area contributed by atoms with E-state index in [1.54, 1.807) is 0 Å². The molecule has 2 amide bonds. The van der Waals surface area contributed by atoms with E-state index in [4.69, 9.17) is 9.47 Å². The van der Waals surface area contributed by atoms with Crippen molar-refractivity contribution in [3.8, 4) is 11.5 Å². The molecular weight excluding hydrogens is 256 g/mol. The van der Waals surface area contributed by atoms with Gasteiger partial charge in [0.1, 0.15) is 0 Å². The lowest BCUT2D eigenvalue weighted by Gasteiger charge is -2.08. The Morgan fingerprint density at radius 2 is 1.85 bits per heavy atom. The fourth-order valence-corrected chi connectivity index (χ4v) is 1.93. The van der Waals surface area contributed by atoms with E-state index in [0.717, 1.165) is 17.0 Å². The first-order valence-electron chi connectivity index (χ1n) is 6.30. The van der Waals surface area contributed by atoms with Crippen molar-refractivity contribution in [1.82, 2.24) is 5.32 Å². The number of carbonyl (C=O) groups excluding carboxylic acids is 1. The molecule has 2 aromatic rings. The van der Waals surface area contributed by atoms with Gasteiger partial charge in [-0.15, -0.1) is 0 Å². The monoisotopic (exact) mass is 270 g/mol. The van der Waals surface area contributed by atoms with Gasteiger partial charge in [-0.05, 0) is 29.8 Å². The average Bonchev–Trinajstić information content (AvgIpc) is 2.93. The minimum atomic E-state index is -0.242. The molecule has 0 fully saturated rings. The van der Waals surface area contributed by atoms with E-state index in [-0.39, 0.29) is 12.8 Å². The molecule has 20 heavy (non-hydrogen) atoms. The van der Waals surface area contributed by atoms with E-state index in [0.29, 0.717) is 12.3 Å². The molecule has 1 aliphatic heterocycles. The molecular formula is C15H14N2O3. The van der Waals surface area contributed by atoms with Gasteiger partial charge in [-0.1, -0.05) is 24.3 Å². The van der Waals surface area contributed by atoms with Crippen molar-refractivity contribution in [2.75, 3.05) is 12.1 Å². The molecule has 102 valence electrons. The van der Waals surface area contributed by atoms with Crippen LogP contribution in [0, 0.1) is 0 Å². The number of anilines is 1. The van der Waals surface area contributed by atoms with Crippen LogP contribution in [-0.2, 0) is 6.54 Å². The highest BCUT2D eigenvalue weighted by Crippen LogP contribution is 2.32. The lowest BCUT2D eigenvalue weighted by Crippen LogP contribution is -2.28. The van der Waals surface area contributed by atoms with Crippen LogP contribution in [0.15, 0.2) is 48.5 Å². The van der Waals surface area contributed by atoms with Gasteiger partial charge in [0.2, 0.25) is 6.79 Å².